The molecule has 1 N–H and O–H groups in total. The predicted molar refractivity (Wildman–Crippen MR) is 102 cm³/mol. The molecule has 0 aliphatic carbocycles. The lowest BCUT2D eigenvalue weighted by Crippen LogP contribution is -2.30. The fourth-order valence-corrected chi connectivity index (χ4v) is 3.20. The van der Waals surface area contributed by atoms with E-state index in [1.165, 1.54) is 57.4 Å². The van der Waals surface area contributed by atoms with E-state index in [0.717, 1.165) is 4.31 Å². The molecule has 2 rings (SSSR count). The number of carbonyl (C=O) groups is 2. The highest BCUT2D eigenvalue weighted by Gasteiger charge is 2.24. The SMILES string of the molecule is Cc1ccc(S(=O)(=O)N(C)C)cc1C(=O)O[C@@H](C)C(=O)Nc1ccccc1F. The number of rotatable bonds is 6. The second-order valence-corrected chi connectivity index (χ2v) is 8.43. The van der Waals surface area contributed by atoms with Crippen LogP contribution in [-0.2, 0) is 19.6 Å². The number of anilines is 1. The van der Waals surface area contributed by atoms with Gasteiger partial charge >= 0.3 is 5.97 Å². The number of nitrogens with zero attached hydrogens (tertiary/aromatic N) is 1. The molecule has 0 fully saturated rings. The molecular weight excluding hydrogens is 387 g/mol. The molecule has 1 atom stereocenters. The summed E-state index contributed by atoms with van der Waals surface area (Å²) in [6, 6.07) is 9.66. The van der Waals surface area contributed by atoms with Gasteiger partial charge in [-0.25, -0.2) is 21.9 Å². The van der Waals surface area contributed by atoms with E-state index in [0.29, 0.717) is 5.56 Å². The van der Waals surface area contributed by atoms with Crippen LogP contribution in [0, 0.1) is 12.7 Å². The zero-order valence-electron chi connectivity index (χ0n) is 15.9. The van der Waals surface area contributed by atoms with Crippen LogP contribution in [0.15, 0.2) is 47.4 Å². The van der Waals surface area contributed by atoms with E-state index >= 15 is 0 Å². The van der Waals surface area contributed by atoms with Crippen LogP contribution in [0.1, 0.15) is 22.8 Å². The number of amides is 1. The number of carbonyl (C=O) groups excluding carboxylic acids is 2. The van der Waals surface area contributed by atoms with Crippen molar-refractivity contribution in [2.45, 2.75) is 24.8 Å². The van der Waals surface area contributed by atoms with Crippen molar-refractivity contribution < 1.29 is 27.1 Å². The van der Waals surface area contributed by atoms with Gasteiger partial charge < -0.3 is 10.1 Å². The summed E-state index contributed by atoms with van der Waals surface area (Å²) in [7, 11) is -0.981. The number of aryl methyl sites for hydroxylation is 1. The first-order chi connectivity index (χ1) is 13.0. The fourth-order valence-electron chi connectivity index (χ4n) is 2.27. The van der Waals surface area contributed by atoms with E-state index < -0.39 is 33.8 Å². The Balaban J connectivity index is 2.18. The first kappa shape index (κ1) is 21.5. The Morgan fingerprint density at radius 3 is 2.39 bits per heavy atom. The molecule has 0 bridgehead atoms. The van der Waals surface area contributed by atoms with Gasteiger partial charge in [-0.15, -0.1) is 0 Å². The Hall–Kier alpha value is -2.78. The summed E-state index contributed by atoms with van der Waals surface area (Å²) in [5.41, 5.74) is 0.475. The number of esters is 1. The average Bonchev–Trinajstić information content (AvgIpc) is 2.63. The van der Waals surface area contributed by atoms with Gasteiger partial charge in [-0.3, -0.25) is 4.79 Å². The van der Waals surface area contributed by atoms with Gasteiger partial charge in [0.2, 0.25) is 10.0 Å². The van der Waals surface area contributed by atoms with Crippen LogP contribution in [0.5, 0.6) is 0 Å². The Morgan fingerprint density at radius 1 is 1.14 bits per heavy atom. The Labute approximate surface area is 163 Å². The summed E-state index contributed by atoms with van der Waals surface area (Å²) < 4.78 is 44.3. The third-order valence-corrected chi connectivity index (χ3v) is 5.80. The van der Waals surface area contributed by atoms with Crippen LogP contribution in [-0.4, -0.2) is 44.8 Å². The molecule has 28 heavy (non-hydrogen) atoms. The van der Waals surface area contributed by atoms with Gasteiger partial charge in [0.15, 0.2) is 6.10 Å². The minimum absolute atomic E-state index is 0.0217. The number of nitrogens with one attached hydrogen (secondary N) is 1. The average molecular weight is 408 g/mol. The van der Waals surface area contributed by atoms with Crippen molar-refractivity contribution in [2.24, 2.45) is 0 Å². The lowest BCUT2D eigenvalue weighted by atomic mass is 10.1. The van der Waals surface area contributed by atoms with Crippen LogP contribution in [0.3, 0.4) is 0 Å². The molecule has 0 saturated heterocycles. The first-order valence-corrected chi connectivity index (χ1v) is 9.77. The van der Waals surface area contributed by atoms with Crippen molar-refractivity contribution in [2.75, 3.05) is 19.4 Å². The summed E-state index contributed by atoms with van der Waals surface area (Å²) in [5.74, 6) is -2.19. The highest BCUT2D eigenvalue weighted by molar-refractivity contribution is 7.89. The van der Waals surface area contributed by atoms with Crippen molar-refractivity contribution in [3.63, 3.8) is 0 Å². The van der Waals surface area contributed by atoms with E-state index in [1.807, 2.05) is 0 Å². The molecular formula is C19H21FN2O5S. The molecule has 0 aliphatic heterocycles. The summed E-state index contributed by atoms with van der Waals surface area (Å²) in [5, 5.41) is 2.34. The van der Waals surface area contributed by atoms with Crippen molar-refractivity contribution in [1.82, 2.24) is 4.31 Å². The van der Waals surface area contributed by atoms with Crippen LogP contribution in [0.25, 0.3) is 0 Å². The number of halogens is 1. The van der Waals surface area contributed by atoms with Crippen LogP contribution in [0.4, 0.5) is 10.1 Å². The van der Waals surface area contributed by atoms with E-state index in [2.05, 4.69) is 5.32 Å². The number of para-hydroxylation sites is 1. The number of benzene rings is 2. The minimum atomic E-state index is -3.74. The molecule has 0 radical (unpaired) electrons. The molecule has 0 unspecified atom stereocenters. The quantitative estimate of drug-likeness (QED) is 0.742. The molecule has 7 nitrogen and oxygen atoms in total. The van der Waals surface area contributed by atoms with Crippen molar-refractivity contribution in [3.8, 4) is 0 Å². The maximum Gasteiger partial charge on any atom is 0.339 e. The highest BCUT2D eigenvalue weighted by atomic mass is 32.2. The zero-order chi connectivity index (χ0) is 21.1. The van der Waals surface area contributed by atoms with Gasteiger partial charge in [0.1, 0.15) is 5.82 Å². The topological polar surface area (TPSA) is 92.8 Å². The van der Waals surface area contributed by atoms with Crippen LogP contribution >= 0.6 is 0 Å². The lowest BCUT2D eigenvalue weighted by Gasteiger charge is -2.16. The molecule has 1 amide bonds. The highest BCUT2D eigenvalue weighted by Crippen LogP contribution is 2.20. The monoisotopic (exact) mass is 408 g/mol. The number of sulfonamides is 1. The Bertz CT molecular complexity index is 1010. The van der Waals surface area contributed by atoms with Gasteiger partial charge in [0, 0.05) is 14.1 Å². The van der Waals surface area contributed by atoms with Crippen LogP contribution in [0.2, 0.25) is 0 Å². The molecule has 0 heterocycles. The van der Waals surface area contributed by atoms with Gasteiger partial charge in [0.25, 0.3) is 5.91 Å². The second kappa shape index (κ2) is 8.49. The largest absolute Gasteiger partial charge is 0.449 e. The van der Waals surface area contributed by atoms with E-state index in [9.17, 15) is 22.4 Å². The lowest BCUT2D eigenvalue weighted by molar-refractivity contribution is -0.123. The normalized spacial score (nSPS) is 12.5. The van der Waals surface area contributed by atoms with Gasteiger partial charge in [-0.05, 0) is 43.7 Å². The molecule has 0 aliphatic rings. The van der Waals surface area contributed by atoms with Gasteiger partial charge in [-0.1, -0.05) is 18.2 Å². The zero-order valence-corrected chi connectivity index (χ0v) is 16.7. The van der Waals surface area contributed by atoms with E-state index in [1.54, 1.807) is 13.0 Å². The summed E-state index contributed by atoms with van der Waals surface area (Å²) in [6.07, 6.45) is -1.22. The molecule has 150 valence electrons. The maximum atomic E-state index is 13.6. The maximum absolute atomic E-state index is 13.6. The molecule has 0 aromatic heterocycles. The smallest absolute Gasteiger partial charge is 0.339 e. The first-order valence-electron chi connectivity index (χ1n) is 8.33. The van der Waals surface area contributed by atoms with Crippen molar-refractivity contribution >= 4 is 27.6 Å². The third kappa shape index (κ3) is 4.73. The van der Waals surface area contributed by atoms with Gasteiger partial charge in [-0.2, -0.15) is 0 Å². The molecule has 9 heteroatoms. The van der Waals surface area contributed by atoms with E-state index in [-0.39, 0.29) is 16.1 Å². The number of hydrogen-bond acceptors (Lipinski definition) is 5. The number of ether oxygens (including phenoxy) is 1. The molecule has 2 aromatic carbocycles. The van der Waals surface area contributed by atoms with E-state index in [4.69, 9.17) is 4.74 Å². The summed E-state index contributed by atoms with van der Waals surface area (Å²) >= 11 is 0. The molecule has 0 spiro atoms. The molecule has 0 saturated carbocycles. The van der Waals surface area contributed by atoms with Crippen molar-refractivity contribution in [1.29, 1.82) is 0 Å². The number of hydrogen-bond donors (Lipinski definition) is 1. The third-order valence-electron chi connectivity index (χ3n) is 3.99. The van der Waals surface area contributed by atoms with Crippen molar-refractivity contribution in [3.05, 3.63) is 59.4 Å². The summed E-state index contributed by atoms with van der Waals surface area (Å²) in [6.45, 7) is 2.95. The summed E-state index contributed by atoms with van der Waals surface area (Å²) in [4.78, 5) is 24.6. The second-order valence-electron chi connectivity index (χ2n) is 6.28. The fraction of sp³-hybridized carbons (Fsp3) is 0.263. The Kier molecular flexibility index (Phi) is 6.52. The van der Waals surface area contributed by atoms with Crippen LogP contribution < -0.4 is 5.32 Å². The standard InChI is InChI=1S/C19H21FN2O5S/c1-12-9-10-14(28(25,26)22(3)4)11-15(12)19(24)27-13(2)18(23)21-17-8-6-5-7-16(17)20/h5-11,13H,1-4H3,(H,21,23)/t13-/m0/s1. The predicted octanol–water partition coefficient (Wildman–Crippen LogP) is 2.57. The molecule has 2 aromatic rings. The Morgan fingerprint density at radius 2 is 1.79 bits per heavy atom. The minimum Gasteiger partial charge on any atom is -0.449 e. The van der Waals surface area contributed by atoms with Gasteiger partial charge in [0.05, 0.1) is 16.1 Å².